The van der Waals surface area contributed by atoms with Crippen molar-refractivity contribution in [3.8, 4) is 0 Å². The van der Waals surface area contributed by atoms with E-state index in [1.807, 2.05) is 6.92 Å². The topological polar surface area (TPSA) is 110 Å². The summed E-state index contributed by atoms with van der Waals surface area (Å²) in [6.45, 7) is 12.1. The maximum atomic E-state index is 12.7. The zero-order chi connectivity index (χ0) is 20.9. The molecule has 1 amide bonds. The molecule has 2 heterocycles. The van der Waals surface area contributed by atoms with Gasteiger partial charge < -0.3 is 14.4 Å². The Morgan fingerprint density at radius 3 is 2.37 bits per heavy atom. The van der Waals surface area contributed by atoms with Crippen molar-refractivity contribution in [2.75, 3.05) is 12.9 Å². The van der Waals surface area contributed by atoms with Crippen LogP contribution < -0.4 is 0 Å². The van der Waals surface area contributed by atoms with Gasteiger partial charge in [-0.3, -0.25) is 8.98 Å². The Morgan fingerprint density at radius 1 is 1.37 bits per heavy atom. The molecule has 156 valence electrons. The van der Waals surface area contributed by atoms with E-state index in [-0.39, 0.29) is 29.0 Å². The number of amides is 1. The van der Waals surface area contributed by atoms with Crippen LogP contribution >= 0.6 is 11.8 Å². The molecule has 11 heteroatoms. The molecule has 0 aromatic carbocycles. The second-order valence-electron chi connectivity index (χ2n) is 8.69. The third-order valence-corrected chi connectivity index (χ3v) is 12.3. The fourth-order valence-corrected chi connectivity index (χ4v) is 6.82. The van der Waals surface area contributed by atoms with Crippen molar-refractivity contribution in [3.63, 3.8) is 0 Å². The van der Waals surface area contributed by atoms with E-state index in [0.717, 1.165) is 6.26 Å². The van der Waals surface area contributed by atoms with Crippen LogP contribution in [0.25, 0.3) is 0 Å². The number of aliphatic carboxylic acids is 1. The molecule has 0 aromatic heterocycles. The van der Waals surface area contributed by atoms with Gasteiger partial charge in [0.15, 0.2) is 8.32 Å². The number of hydrogen-bond acceptors (Lipinski definition) is 7. The van der Waals surface area contributed by atoms with Crippen molar-refractivity contribution in [1.29, 1.82) is 0 Å². The number of β-lactam (4-membered cyclic amide) rings is 1. The summed E-state index contributed by atoms with van der Waals surface area (Å²) in [4.78, 5) is 25.7. The molecule has 2 aliphatic rings. The second-order valence-corrected chi connectivity index (χ2v) is 16.5. The van der Waals surface area contributed by atoms with Gasteiger partial charge in [-0.2, -0.15) is 8.42 Å². The Kier molecular flexibility index (Phi) is 6.15. The highest BCUT2D eigenvalue weighted by molar-refractivity contribution is 8.01. The first-order valence-corrected chi connectivity index (χ1v) is 14.5. The number of carbonyl (C=O) groups excluding carboxylic acids is 1. The van der Waals surface area contributed by atoms with E-state index in [9.17, 15) is 23.1 Å². The lowest BCUT2D eigenvalue weighted by Crippen LogP contribution is -2.65. The van der Waals surface area contributed by atoms with Gasteiger partial charge in [-0.1, -0.05) is 20.8 Å². The molecule has 2 aliphatic heterocycles. The Balaban J connectivity index is 2.14. The lowest BCUT2D eigenvalue weighted by molar-refractivity contribution is -0.167. The number of carbonyl (C=O) groups is 2. The highest BCUT2D eigenvalue weighted by atomic mass is 32.2. The zero-order valence-electron chi connectivity index (χ0n) is 16.8. The highest BCUT2D eigenvalue weighted by Gasteiger charge is 2.62. The summed E-state index contributed by atoms with van der Waals surface area (Å²) in [6, 6.07) is -1.09. The van der Waals surface area contributed by atoms with Crippen LogP contribution in [0.15, 0.2) is 0 Å². The molecule has 0 bridgehead atoms. The number of nitrogens with zero attached hydrogens (tertiary/aromatic N) is 1. The van der Waals surface area contributed by atoms with Crippen molar-refractivity contribution in [2.24, 2.45) is 5.92 Å². The minimum absolute atomic E-state index is 0.00792. The fourth-order valence-electron chi connectivity index (χ4n) is 3.14. The standard InChI is InChI=1S/C16H29NO7S2Si/c1-9(24-27(6,7)16(2,3)4)11-13(18)17-12(15(19)20)10(25-14(11)17)8-23-26(5,21)22/h9-12,14H,8H2,1-7H3,(H,19,20)/t9-,10?,11+,12?,14-/m1/s1. The molecule has 2 fully saturated rings. The molecule has 8 nitrogen and oxygen atoms in total. The predicted octanol–water partition coefficient (Wildman–Crippen LogP) is 1.73. The van der Waals surface area contributed by atoms with Gasteiger partial charge in [0.2, 0.25) is 5.91 Å². The molecule has 2 unspecified atom stereocenters. The van der Waals surface area contributed by atoms with Crippen LogP contribution in [-0.4, -0.2) is 74.3 Å². The van der Waals surface area contributed by atoms with Crippen molar-refractivity contribution >= 4 is 42.1 Å². The minimum Gasteiger partial charge on any atom is -0.480 e. The molecule has 0 aliphatic carbocycles. The van der Waals surface area contributed by atoms with Gasteiger partial charge >= 0.3 is 5.97 Å². The summed E-state index contributed by atoms with van der Waals surface area (Å²) in [5.74, 6) is -1.85. The van der Waals surface area contributed by atoms with Crippen LogP contribution in [-0.2, 0) is 28.3 Å². The summed E-state index contributed by atoms with van der Waals surface area (Å²) in [5, 5.41) is 8.54. The normalized spacial score (nSPS) is 30.0. The Bertz CT molecular complexity index is 719. The maximum Gasteiger partial charge on any atom is 0.327 e. The third kappa shape index (κ3) is 4.52. The maximum absolute atomic E-state index is 12.7. The number of carboxylic acids is 1. The molecule has 0 saturated carbocycles. The zero-order valence-corrected chi connectivity index (χ0v) is 19.4. The molecule has 0 radical (unpaired) electrons. The SMILES string of the molecule is C[C@@H](O[Si](C)(C)C(C)(C)C)[C@H]1C(=O)N2C(C(=O)O)C(COS(C)(=O)=O)S[C@H]12. The summed E-state index contributed by atoms with van der Waals surface area (Å²) in [5.41, 5.74) is 0. The van der Waals surface area contributed by atoms with Gasteiger partial charge in [0.05, 0.1) is 35.5 Å². The molecule has 0 aromatic rings. The van der Waals surface area contributed by atoms with Crippen LogP contribution in [0, 0.1) is 5.92 Å². The third-order valence-electron chi connectivity index (χ3n) is 5.58. The Labute approximate surface area is 166 Å². The number of hydrogen-bond donors (Lipinski definition) is 1. The van der Waals surface area contributed by atoms with Crippen LogP contribution in [0.4, 0.5) is 0 Å². The first kappa shape index (κ1) is 22.7. The van der Waals surface area contributed by atoms with E-state index in [0.29, 0.717) is 0 Å². The van der Waals surface area contributed by atoms with Crippen LogP contribution in [0.1, 0.15) is 27.7 Å². The number of rotatable bonds is 7. The van der Waals surface area contributed by atoms with Gasteiger partial charge in [-0.05, 0) is 25.1 Å². The molecule has 27 heavy (non-hydrogen) atoms. The van der Waals surface area contributed by atoms with E-state index >= 15 is 0 Å². The van der Waals surface area contributed by atoms with Gasteiger partial charge in [-0.15, -0.1) is 11.8 Å². The first-order valence-electron chi connectivity index (χ1n) is 8.79. The summed E-state index contributed by atoms with van der Waals surface area (Å²) in [7, 11) is -5.77. The van der Waals surface area contributed by atoms with Gasteiger partial charge in [0.1, 0.15) is 6.04 Å². The largest absolute Gasteiger partial charge is 0.480 e. The molecule has 0 spiro atoms. The van der Waals surface area contributed by atoms with Crippen molar-refractivity contribution in [2.45, 2.75) is 68.6 Å². The summed E-state index contributed by atoms with van der Waals surface area (Å²) >= 11 is 1.28. The van der Waals surface area contributed by atoms with Crippen LogP contribution in [0.5, 0.6) is 0 Å². The second kappa shape index (κ2) is 7.32. The minimum atomic E-state index is -3.69. The molecule has 1 N–H and O–H groups in total. The van der Waals surface area contributed by atoms with Gasteiger partial charge in [0.25, 0.3) is 10.1 Å². The highest BCUT2D eigenvalue weighted by Crippen LogP contribution is 2.50. The Hall–Kier alpha value is -0.623. The van der Waals surface area contributed by atoms with Crippen LogP contribution in [0.3, 0.4) is 0 Å². The number of fused-ring (bicyclic) bond motifs is 1. The summed E-state index contributed by atoms with van der Waals surface area (Å²) in [6.07, 6.45) is 0.580. The fraction of sp³-hybridized carbons (Fsp3) is 0.875. The molecule has 2 rings (SSSR count). The lowest BCUT2D eigenvalue weighted by atomic mass is 9.90. The van der Waals surface area contributed by atoms with E-state index in [1.54, 1.807) is 0 Å². The summed E-state index contributed by atoms with van der Waals surface area (Å²) < 4.78 is 33.6. The van der Waals surface area contributed by atoms with E-state index in [4.69, 9.17) is 8.61 Å². The average molecular weight is 440 g/mol. The van der Waals surface area contributed by atoms with E-state index < -0.39 is 41.6 Å². The van der Waals surface area contributed by atoms with Gasteiger partial charge in [-0.25, -0.2) is 4.79 Å². The Morgan fingerprint density at radius 2 is 1.93 bits per heavy atom. The molecular weight excluding hydrogens is 410 g/mol. The smallest absolute Gasteiger partial charge is 0.327 e. The number of carboxylic acid groups (broad SMARTS) is 1. The molecular formula is C16H29NO7S2Si. The van der Waals surface area contributed by atoms with Crippen LogP contribution in [0.2, 0.25) is 18.1 Å². The van der Waals surface area contributed by atoms with E-state index in [2.05, 4.69) is 33.9 Å². The van der Waals surface area contributed by atoms with Gasteiger partial charge in [0, 0.05) is 0 Å². The predicted molar refractivity (Wildman–Crippen MR) is 105 cm³/mol. The van der Waals surface area contributed by atoms with E-state index in [1.165, 1.54) is 16.7 Å². The molecule has 2 saturated heterocycles. The lowest BCUT2D eigenvalue weighted by Gasteiger charge is -2.48. The number of thioether (sulfide) groups is 1. The van der Waals surface area contributed by atoms with Crippen molar-refractivity contribution < 1.29 is 31.7 Å². The van der Waals surface area contributed by atoms with Crippen molar-refractivity contribution in [3.05, 3.63) is 0 Å². The molecule has 5 atom stereocenters. The monoisotopic (exact) mass is 439 g/mol. The quantitative estimate of drug-likeness (QED) is 0.363. The first-order chi connectivity index (χ1) is 12.1. The van der Waals surface area contributed by atoms with Crippen molar-refractivity contribution in [1.82, 2.24) is 4.90 Å². The average Bonchev–Trinajstić information content (AvgIpc) is 2.77.